The number of hydrogen-bond acceptors (Lipinski definition) is 2. The van der Waals surface area contributed by atoms with Gasteiger partial charge >= 0.3 is 0 Å². The maximum Gasteiger partial charge on any atom is 0.239 e. The van der Waals surface area contributed by atoms with E-state index in [2.05, 4.69) is 5.32 Å². The van der Waals surface area contributed by atoms with Gasteiger partial charge < -0.3 is 10.2 Å². The van der Waals surface area contributed by atoms with Gasteiger partial charge in [-0.05, 0) is 5.56 Å². The fourth-order valence-electron chi connectivity index (χ4n) is 1.75. The van der Waals surface area contributed by atoms with E-state index >= 15 is 0 Å². The molecule has 0 unspecified atom stereocenters. The lowest BCUT2D eigenvalue weighted by Gasteiger charge is -2.32. The van der Waals surface area contributed by atoms with E-state index in [0.717, 1.165) is 12.0 Å². The number of piperazine rings is 1. The molecule has 2 rings (SSSR count). The third-order valence-corrected chi connectivity index (χ3v) is 2.54. The van der Waals surface area contributed by atoms with Gasteiger partial charge in [-0.25, -0.2) is 0 Å². The summed E-state index contributed by atoms with van der Waals surface area (Å²) in [6, 6.07) is 9.65. The Kier molecular flexibility index (Phi) is 2.67. The molecule has 0 radical (unpaired) electrons. The van der Waals surface area contributed by atoms with Gasteiger partial charge in [-0.1, -0.05) is 30.3 Å². The lowest BCUT2D eigenvalue weighted by molar-refractivity contribution is -0.133. The van der Waals surface area contributed by atoms with E-state index in [1.807, 2.05) is 30.3 Å². The number of carbonyl (C=O) groups is 2. The summed E-state index contributed by atoms with van der Waals surface area (Å²) in [5.41, 5.74) is 1.05. The Hall–Kier alpha value is -1.84. The van der Waals surface area contributed by atoms with Crippen LogP contribution in [-0.2, 0) is 9.59 Å². The van der Waals surface area contributed by atoms with Gasteiger partial charge in [-0.2, -0.15) is 0 Å². The first-order chi connectivity index (χ1) is 7.31. The molecule has 0 bridgehead atoms. The van der Waals surface area contributed by atoms with Crippen molar-refractivity contribution in [2.75, 3.05) is 13.1 Å². The van der Waals surface area contributed by atoms with Crippen LogP contribution in [0.1, 0.15) is 11.6 Å². The SMILES string of the molecule is O=CN1CC(=O)NC[C@@H]1c1ccccc1. The average Bonchev–Trinajstić information content (AvgIpc) is 2.30. The topological polar surface area (TPSA) is 49.4 Å². The van der Waals surface area contributed by atoms with Crippen molar-refractivity contribution in [3.63, 3.8) is 0 Å². The van der Waals surface area contributed by atoms with E-state index in [1.54, 1.807) is 0 Å². The van der Waals surface area contributed by atoms with E-state index in [0.29, 0.717) is 6.54 Å². The Bertz CT molecular complexity index is 364. The zero-order valence-corrected chi connectivity index (χ0v) is 8.22. The highest BCUT2D eigenvalue weighted by molar-refractivity contribution is 5.81. The number of rotatable bonds is 2. The summed E-state index contributed by atoms with van der Waals surface area (Å²) in [5.74, 6) is -0.103. The Morgan fingerprint density at radius 1 is 1.33 bits per heavy atom. The van der Waals surface area contributed by atoms with Gasteiger partial charge in [0, 0.05) is 6.54 Å². The van der Waals surface area contributed by atoms with Crippen molar-refractivity contribution in [1.29, 1.82) is 0 Å². The number of benzene rings is 1. The van der Waals surface area contributed by atoms with Crippen LogP contribution in [0.4, 0.5) is 0 Å². The molecule has 1 saturated heterocycles. The molecule has 15 heavy (non-hydrogen) atoms. The number of nitrogens with one attached hydrogen (secondary N) is 1. The number of hydrogen-bond donors (Lipinski definition) is 1. The summed E-state index contributed by atoms with van der Waals surface area (Å²) < 4.78 is 0. The van der Waals surface area contributed by atoms with Crippen LogP contribution in [0.3, 0.4) is 0 Å². The second kappa shape index (κ2) is 4.13. The third-order valence-electron chi connectivity index (χ3n) is 2.54. The van der Waals surface area contributed by atoms with Crippen LogP contribution in [0.25, 0.3) is 0 Å². The zero-order valence-electron chi connectivity index (χ0n) is 8.22. The minimum absolute atomic E-state index is 0.0404. The smallest absolute Gasteiger partial charge is 0.239 e. The molecule has 2 amide bonds. The first-order valence-electron chi connectivity index (χ1n) is 4.84. The Morgan fingerprint density at radius 3 is 2.73 bits per heavy atom. The van der Waals surface area contributed by atoms with Gasteiger partial charge in [-0.15, -0.1) is 0 Å². The molecule has 0 spiro atoms. The molecular formula is C11H12N2O2. The lowest BCUT2D eigenvalue weighted by Crippen LogP contribution is -2.48. The highest BCUT2D eigenvalue weighted by Gasteiger charge is 2.25. The first-order valence-corrected chi connectivity index (χ1v) is 4.84. The molecule has 1 aliphatic rings. The number of carbonyl (C=O) groups excluding carboxylic acids is 2. The molecule has 1 aliphatic heterocycles. The lowest BCUT2D eigenvalue weighted by atomic mass is 10.0. The predicted octanol–water partition coefficient (Wildman–Crippen LogP) is 0.316. The molecule has 1 heterocycles. The quantitative estimate of drug-likeness (QED) is 0.705. The van der Waals surface area contributed by atoms with E-state index in [1.165, 1.54) is 4.90 Å². The second-order valence-corrected chi connectivity index (χ2v) is 3.51. The van der Waals surface area contributed by atoms with E-state index in [9.17, 15) is 9.59 Å². The maximum atomic E-state index is 11.1. The molecule has 4 heteroatoms. The first kappa shape index (κ1) is 9.71. The minimum Gasteiger partial charge on any atom is -0.352 e. The summed E-state index contributed by atoms with van der Waals surface area (Å²) in [6.07, 6.45) is 0.733. The van der Waals surface area contributed by atoms with Gasteiger partial charge in [0.05, 0.1) is 12.6 Å². The molecule has 0 aliphatic carbocycles. The van der Waals surface area contributed by atoms with Crippen molar-refractivity contribution >= 4 is 12.3 Å². The van der Waals surface area contributed by atoms with Crippen LogP contribution in [0.2, 0.25) is 0 Å². The van der Waals surface area contributed by atoms with Crippen molar-refractivity contribution in [2.45, 2.75) is 6.04 Å². The van der Waals surface area contributed by atoms with Gasteiger partial charge in [0.2, 0.25) is 12.3 Å². The van der Waals surface area contributed by atoms with Crippen LogP contribution in [0.5, 0.6) is 0 Å². The molecule has 0 aromatic heterocycles. The largest absolute Gasteiger partial charge is 0.352 e. The van der Waals surface area contributed by atoms with Crippen molar-refractivity contribution < 1.29 is 9.59 Å². The molecule has 1 aromatic rings. The second-order valence-electron chi connectivity index (χ2n) is 3.51. The van der Waals surface area contributed by atoms with Crippen molar-refractivity contribution in [3.05, 3.63) is 35.9 Å². The monoisotopic (exact) mass is 204 g/mol. The van der Waals surface area contributed by atoms with Crippen LogP contribution in [0, 0.1) is 0 Å². The van der Waals surface area contributed by atoms with Crippen LogP contribution in [-0.4, -0.2) is 30.3 Å². The van der Waals surface area contributed by atoms with Crippen LogP contribution in [0.15, 0.2) is 30.3 Å². The molecule has 4 nitrogen and oxygen atoms in total. The molecule has 78 valence electrons. The summed E-state index contributed by atoms with van der Waals surface area (Å²) in [7, 11) is 0. The number of amides is 2. The normalized spacial score (nSPS) is 20.9. The summed E-state index contributed by atoms with van der Waals surface area (Å²) in [5, 5.41) is 2.76. The van der Waals surface area contributed by atoms with Gasteiger partial charge in [0.15, 0.2) is 0 Å². The van der Waals surface area contributed by atoms with Crippen LogP contribution < -0.4 is 5.32 Å². The van der Waals surface area contributed by atoms with E-state index in [-0.39, 0.29) is 18.5 Å². The molecular weight excluding hydrogens is 192 g/mol. The highest BCUT2D eigenvalue weighted by atomic mass is 16.2. The van der Waals surface area contributed by atoms with E-state index < -0.39 is 0 Å². The highest BCUT2D eigenvalue weighted by Crippen LogP contribution is 2.20. The summed E-state index contributed by atoms with van der Waals surface area (Å²) in [4.78, 5) is 23.5. The Morgan fingerprint density at radius 2 is 2.07 bits per heavy atom. The molecule has 1 N–H and O–H groups in total. The molecule has 1 aromatic carbocycles. The molecule has 1 fully saturated rings. The van der Waals surface area contributed by atoms with Gasteiger partial charge in [0.1, 0.15) is 0 Å². The summed E-state index contributed by atoms with van der Waals surface area (Å²) in [6.45, 7) is 0.630. The van der Waals surface area contributed by atoms with Gasteiger partial charge in [-0.3, -0.25) is 9.59 Å². The molecule has 0 saturated carbocycles. The van der Waals surface area contributed by atoms with Crippen LogP contribution >= 0.6 is 0 Å². The number of nitrogens with zero attached hydrogens (tertiary/aromatic N) is 1. The van der Waals surface area contributed by atoms with Gasteiger partial charge in [0.25, 0.3) is 0 Å². The Balaban J connectivity index is 2.21. The maximum absolute atomic E-state index is 11.1. The predicted molar refractivity (Wildman–Crippen MR) is 55.0 cm³/mol. The standard InChI is InChI=1S/C11H12N2O2/c14-8-13-7-11(15)12-6-10(13)9-4-2-1-3-5-9/h1-5,8,10H,6-7H2,(H,12,15)/t10-/m1/s1. The molecule has 1 atom stereocenters. The summed E-state index contributed by atoms with van der Waals surface area (Å²) >= 11 is 0. The zero-order chi connectivity index (χ0) is 10.7. The van der Waals surface area contributed by atoms with E-state index in [4.69, 9.17) is 0 Å². The van der Waals surface area contributed by atoms with Crippen molar-refractivity contribution in [2.24, 2.45) is 0 Å². The fourth-order valence-corrected chi connectivity index (χ4v) is 1.75. The third kappa shape index (κ3) is 1.98. The minimum atomic E-state index is -0.103. The fraction of sp³-hybridized carbons (Fsp3) is 0.273. The van der Waals surface area contributed by atoms with Crippen molar-refractivity contribution in [3.8, 4) is 0 Å². The average molecular weight is 204 g/mol. The Labute approximate surface area is 87.9 Å². The van der Waals surface area contributed by atoms with Crippen molar-refractivity contribution in [1.82, 2.24) is 10.2 Å².